The van der Waals surface area contributed by atoms with Gasteiger partial charge in [0.2, 0.25) is 0 Å². The zero-order chi connectivity index (χ0) is 21.5. The molecule has 6 nitrogen and oxygen atoms in total. The minimum Gasteiger partial charge on any atom is -0.495 e. The van der Waals surface area contributed by atoms with Crippen LogP contribution in [0.4, 0.5) is 0 Å². The molecule has 1 heterocycles. The molecule has 1 aromatic heterocycles. The maximum atomic E-state index is 12.7. The highest BCUT2D eigenvalue weighted by atomic mass is 32.1. The molecule has 0 saturated heterocycles. The number of hydrogen-bond acceptors (Lipinski definition) is 5. The molecule has 0 aliphatic rings. The number of rotatable bonds is 9. The van der Waals surface area contributed by atoms with Gasteiger partial charge in [0.25, 0.3) is 5.91 Å². The maximum Gasteiger partial charge on any atom is 0.252 e. The number of aromatic nitrogens is 1. The molecule has 0 aliphatic carbocycles. The Balaban J connectivity index is 2.03. The van der Waals surface area contributed by atoms with Crippen molar-refractivity contribution < 1.29 is 19.0 Å². The van der Waals surface area contributed by atoms with Gasteiger partial charge < -0.3 is 18.8 Å². The predicted octanol–water partition coefficient (Wildman–Crippen LogP) is 3.99. The minimum atomic E-state index is -0.186. The van der Waals surface area contributed by atoms with E-state index in [9.17, 15) is 4.79 Å². The first-order valence-corrected chi connectivity index (χ1v) is 10.9. The third-order valence-electron chi connectivity index (χ3n) is 4.86. The molecule has 30 heavy (non-hydrogen) atoms. The third kappa shape index (κ3) is 4.91. The number of thiazole rings is 1. The van der Waals surface area contributed by atoms with E-state index in [4.69, 9.17) is 14.2 Å². The smallest absolute Gasteiger partial charge is 0.252 e. The highest BCUT2D eigenvalue weighted by Gasteiger charge is 2.16. The van der Waals surface area contributed by atoms with Crippen molar-refractivity contribution in [3.05, 3.63) is 52.3 Å². The molecule has 3 aromatic rings. The van der Waals surface area contributed by atoms with E-state index < -0.39 is 0 Å². The fourth-order valence-corrected chi connectivity index (χ4v) is 4.44. The second kappa shape index (κ2) is 10.4. The van der Waals surface area contributed by atoms with Gasteiger partial charge in [-0.25, -0.2) is 0 Å². The van der Waals surface area contributed by atoms with E-state index in [2.05, 4.69) is 24.0 Å². The highest BCUT2D eigenvalue weighted by Crippen LogP contribution is 2.35. The van der Waals surface area contributed by atoms with Crippen LogP contribution in [0.1, 0.15) is 25.0 Å². The van der Waals surface area contributed by atoms with E-state index in [0.29, 0.717) is 30.3 Å². The molecule has 160 valence electrons. The summed E-state index contributed by atoms with van der Waals surface area (Å²) in [6.45, 7) is 5.78. The Morgan fingerprint density at radius 2 is 1.67 bits per heavy atom. The van der Waals surface area contributed by atoms with Crippen molar-refractivity contribution in [3.8, 4) is 11.5 Å². The first-order chi connectivity index (χ1) is 14.6. The molecular formula is C23H28N2O4S. The van der Waals surface area contributed by atoms with Gasteiger partial charge in [-0.3, -0.25) is 4.79 Å². The van der Waals surface area contributed by atoms with Crippen LogP contribution in [0.15, 0.2) is 41.4 Å². The molecule has 3 rings (SSSR count). The summed E-state index contributed by atoms with van der Waals surface area (Å²) in [6.07, 6.45) is 1.24. The average Bonchev–Trinajstić information content (AvgIpc) is 3.11. The van der Waals surface area contributed by atoms with Crippen LogP contribution in [0.5, 0.6) is 11.5 Å². The summed E-state index contributed by atoms with van der Waals surface area (Å²) < 4.78 is 19.5. The molecule has 1 amide bonds. The molecule has 0 radical (unpaired) electrons. The zero-order valence-electron chi connectivity index (χ0n) is 17.9. The van der Waals surface area contributed by atoms with Gasteiger partial charge in [-0.05, 0) is 36.6 Å². The van der Waals surface area contributed by atoms with Crippen molar-refractivity contribution in [2.24, 2.45) is 4.99 Å². The number of fused-ring (bicyclic) bond motifs is 1. The van der Waals surface area contributed by atoms with E-state index in [-0.39, 0.29) is 12.3 Å². The van der Waals surface area contributed by atoms with Crippen LogP contribution in [-0.2, 0) is 28.9 Å². The molecule has 0 N–H and O–H groups in total. The Morgan fingerprint density at radius 1 is 1.00 bits per heavy atom. The summed E-state index contributed by atoms with van der Waals surface area (Å²) in [5, 5.41) is 0. The van der Waals surface area contributed by atoms with Gasteiger partial charge >= 0.3 is 0 Å². The van der Waals surface area contributed by atoms with E-state index in [1.54, 1.807) is 14.2 Å². The SMILES string of the molecule is CCOCCn1c(=NC(=O)Cc2ccc(CC)cc2)sc2c(OC)ccc(OC)c21. The normalized spacial score (nSPS) is 11.8. The number of hydrogen-bond donors (Lipinski definition) is 0. The van der Waals surface area contributed by atoms with Crippen LogP contribution >= 0.6 is 11.3 Å². The standard InChI is InChI=1S/C23H28N2O4S/c1-5-16-7-9-17(10-8-16)15-20(26)24-23-25(13-14-29-6-2)21-18(27-3)11-12-19(28-4)22(21)30-23/h7-12H,5-6,13-15H2,1-4H3. The fourth-order valence-electron chi connectivity index (χ4n) is 3.26. The monoisotopic (exact) mass is 428 g/mol. The molecule has 0 bridgehead atoms. The van der Waals surface area contributed by atoms with Crippen LogP contribution in [0.3, 0.4) is 0 Å². The lowest BCUT2D eigenvalue weighted by atomic mass is 10.1. The Morgan fingerprint density at radius 3 is 2.30 bits per heavy atom. The van der Waals surface area contributed by atoms with Crippen LogP contribution in [0.25, 0.3) is 10.2 Å². The Labute approximate surface area is 180 Å². The van der Waals surface area contributed by atoms with Crippen molar-refractivity contribution in [1.82, 2.24) is 4.57 Å². The zero-order valence-corrected chi connectivity index (χ0v) is 18.8. The largest absolute Gasteiger partial charge is 0.495 e. The van der Waals surface area contributed by atoms with Gasteiger partial charge in [0, 0.05) is 13.2 Å². The third-order valence-corrected chi connectivity index (χ3v) is 5.96. The Bertz CT molecular complexity index is 1070. The van der Waals surface area contributed by atoms with Crippen LogP contribution < -0.4 is 14.3 Å². The molecule has 0 spiro atoms. The number of amides is 1. The fraction of sp³-hybridized carbons (Fsp3) is 0.391. The van der Waals surface area contributed by atoms with Crippen molar-refractivity contribution in [2.45, 2.75) is 33.2 Å². The van der Waals surface area contributed by atoms with E-state index >= 15 is 0 Å². The van der Waals surface area contributed by atoms with Crippen molar-refractivity contribution in [2.75, 3.05) is 27.4 Å². The molecule has 0 atom stereocenters. The van der Waals surface area contributed by atoms with E-state index in [0.717, 1.165) is 28.0 Å². The van der Waals surface area contributed by atoms with Crippen LogP contribution in [0, 0.1) is 0 Å². The number of benzene rings is 2. The molecule has 0 fully saturated rings. The van der Waals surface area contributed by atoms with Gasteiger partial charge in [-0.15, -0.1) is 0 Å². The number of aryl methyl sites for hydroxylation is 1. The first kappa shape index (κ1) is 22.1. The summed E-state index contributed by atoms with van der Waals surface area (Å²) in [7, 11) is 3.27. The molecular weight excluding hydrogens is 400 g/mol. The Kier molecular flexibility index (Phi) is 7.65. The van der Waals surface area contributed by atoms with Crippen LogP contribution in [-0.4, -0.2) is 37.9 Å². The van der Waals surface area contributed by atoms with Gasteiger partial charge in [0.05, 0.1) is 27.2 Å². The number of carbonyl (C=O) groups is 1. The molecule has 0 unspecified atom stereocenters. The lowest BCUT2D eigenvalue weighted by molar-refractivity contribution is -0.117. The number of methoxy groups -OCH3 is 2. The molecule has 2 aromatic carbocycles. The van der Waals surface area contributed by atoms with Gasteiger partial charge in [-0.1, -0.05) is 42.5 Å². The summed E-state index contributed by atoms with van der Waals surface area (Å²) in [5.74, 6) is 1.25. The molecule has 7 heteroatoms. The quantitative estimate of drug-likeness (QED) is 0.484. The van der Waals surface area contributed by atoms with Gasteiger partial charge in [-0.2, -0.15) is 4.99 Å². The summed E-state index contributed by atoms with van der Waals surface area (Å²) >= 11 is 1.42. The molecule has 0 saturated carbocycles. The van der Waals surface area contributed by atoms with Crippen LogP contribution in [0.2, 0.25) is 0 Å². The van der Waals surface area contributed by atoms with E-state index in [1.165, 1.54) is 16.9 Å². The van der Waals surface area contributed by atoms with Crippen molar-refractivity contribution in [1.29, 1.82) is 0 Å². The first-order valence-electron chi connectivity index (χ1n) is 10.1. The highest BCUT2D eigenvalue weighted by molar-refractivity contribution is 7.16. The average molecular weight is 429 g/mol. The number of nitrogens with zero attached hydrogens (tertiary/aromatic N) is 2. The second-order valence-corrected chi connectivity index (χ2v) is 7.71. The Hall–Kier alpha value is -2.64. The maximum absolute atomic E-state index is 12.7. The number of carbonyl (C=O) groups excluding carboxylic acids is 1. The van der Waals surface area contributed by atoms with E-state index in [1.807, 2.05) is 35.8 Å². The molecule has 0 aliphatic heterocycles. The summed E-state index contributed by atoms with van der Waals surface area (Å²) in [6, 6.07) is 11.8. The summed E-state index contributed by atoms with van der Waals surface area (Å²) in [4.78, 5) is 17.8. The summed E-state index contributed by atoms with van der Waals surface area (Å²) in [5.41, 5.74) is 3.07. The lowest BCUT2D eigenvalue weighted by Gasteiger charge is -2.10. The minimum absolute atomic E-state index is 0.186. The van der Waals surface area contributed by atoms with Crippen molar-refractivity contribution >= 4 is 27.5 Å². The number of ether oxygens (including phenoxy) is 3. The lowest BCUT2D eigenvalue weighted by Crippen LogP contribution is -2.20. The second-order valence-electron chi connectivity index (χ2n) is 6.73. The topological polar surface area (TPSA) is 62.1 Å². The predicted molar refractivity (Wildman–Crippen MR) is 120 cm³/mol. The van der Waals surface area contributed by atoms with Gasteiger partial charge in [0.15, 0.2) is 4.80 Å². The van der Waals surface area contributed by atoms with Crippen molar-refractivity contribution in [3.63, 3.8) is 0 Å². The van der Waals surface area contributed by atoms with Gasteiger partial charge in [0.1, 0.15) is 21.7 Å².